The predicted molar refractivity (Wildman–Crippen MR) is 56.3 cm³/mol. The molecule has 0 spiro atoms. The van der Waals surface area contributed by atoms with Crippen LogP contribution in [0.5, 0.6) is 0 Å². The van der Waals surface area contributed by atoms with E-state index >= 15 is 0 Å². The van der Waals surface area contributed by atoms with Crippen LogP contribution in [-0.2, 0) is 0 Å². The van der Waals surface area contributed by atoms with Crippen LogP contribution in [0.4, 0.5) is 4.39 Å². The van der Waals surface area contributed by atoms with Crippen molar-refractivity contribution in [2.24, 2.45) is 5.92 Å². The fourth-order valence-corrected chi connectivity index (χ4v) is 1.15. The molecule has 0 aliphatic heterocycles. The number of aliphatic hydroxyl groups excluding tert-OH is 1. The molecule has 14 heavy (non-hydrogen) atoms. The van der Waals surface area contributed by atoms with E-state index in [-0.39, 0.29) is 18.3 Å². The number of rotatable bonds is 4. The van der Waals surface area contributed by atoms with Crippen LogP contribution in [0, 0.1) is 11.7 Å². The molecule has 0 saturated heterocycles. The first-order valence-electron chi connectivity index (χ1n) is 4.81. The molecule has 0 bridgehead atoms. The Kier molecular flexibility index (Phi) is 4.33. The van der Waals surface area contributed by atoms with Crippen LogP contribution >= 0.6 is 0 Å². The first-order valence-corrected chi connectivity index (χ1v) is 4.81. The Labute approximate surface area is 83.9 Å². The maximum absolute atomic E-state index is 12.6. The summed E-state index contributed by atoms with van der Waals surface area (Å²) < 4.78 is 12.6. The molecular weight excluding hydrogens is 179 g/mol. The molecule has 76 valence electrons. The molecule has 0 aromatic heterocycles. The van der Waals surface area contributed by atoms with Crippen molar-refractivity contribution in [3.05, 3.63) is 41.7 Å². The van der Waals surface area contributed by atoms with E-state index in [1.165, 1.54) is 12.1 Å². The summed E-state index contributed by atoms with van der Waals surface area (Å²) in [6.07, 6.45) is 4.77. The van der Waals surface area contributed by atoms with Gasteiger partial charge in [-0.15, -0.1) is 0 Å². The lowest BCUT2D eigenvalue weighted by atomic mass is 10.1. The number of hydrogen-bond donors (Lipinski definition) is 1. The number of aliphatic hydroxyl groups is 1. The number of halogens is 1. The van der Waals surface area contributed by atoms with Crippen LogP contribution in [-0.4, -0.2) is 11.7 Å². The van der Waals surface area contributed by atoms with Gasteiger partial charge in [0.25, 0.3) is 0 Å². The summed E-state index contributed by atoms with van der Waals surface area (Å²) in [4.78, 5) is 0. The van der Waals surface area contributed by atoms with E-state index in [4.69, 9.17) is 5.11 Å². The minimum atomic E-state index is -0.226. The minimum Gasteiger partial charge on any atom is -0.396 e. The van der Waals surface area contributed by atoms with Crippen LogP contribution in [0.25, 0.3) is 6.08 Å². The summed E-state index contributed by atoms with van der Waals surface area (Å²) in [5, 5.41) is 8.94. The molecule has 1 N–H and O–H groups in total. The maximum atomic E-state index is 12.6. The zero-order chi connectivity index (χ0) is 10.4. The molecule has 0 amide bonds. The lowest BCUT2D eigenvalue weighted by Gasteiger charge is -2.03. The zero-order valence-electron chi connectivity index (χ0n) is 8.28. The van der Waals surface area contributed by atoms with Crippen molar-refractivity contribution >= 4 is 6.08 Å². The van der Waals surface area contributed by atoms with Gasteiger partial charge in [0.05, 0.1) is 0 Å². The van der Waals surface area contributed by atoms with Crippen LogP contribution in [0.1, 0.15) is 18.9 Å². The summed E-state index contributed by atoms with van der Waals surface area (Å²) in [6, 6.07) is 6.30. The Morgan fingerprint density at radius 2 is 2.00 bits per heavy atom. The Morgan fingerprint density at radius 1 is 1.36 bits per heavy atom. The summed E-state index contributed by atoms with van der Waals surface area (Å²) in [5.74, 6) is -0.0311. The molecule has 0 radical (unpaired) electrons. The van der Waals surface area contributed by atoms with Gasteiger partial charge in [0.15, 0.2) is 0 Å². The van der Waals surface area contributed by atoms with Gasteiger partial charge < -0.3 is 5.11 Å². The van der Waals surface area contributed by atoms with Gasteiger partial charge in [0, 0.05) is 6.61 Å². The highest BCUT2D eigenvalue weighted by atomic mass is 19.1. The quantitative estimate of drug-likeness (QED) is 0.781. The number of benzene rings is 1. The molecule has 0 aliphatic rings. The van der Waals surface area contributed by atoms with Gasteiger partial charge in [-0.2, -0.15) is 0 Å². The minimum absolute atomic E-state index is 0.161. The molecule has 0 fully saturated rings. The molecule has 1 atom stereocenters. The van der Waals surface area contributed by atoms with Gasteiger partial charge in [-0.3, -0.25) is 0 Å². The summed E-state index contributed by atoms with van der Waals surface area (Å²) in [5.41, 5.74) is 0.957. The van der Waals surface area contributed by atoms with E-state index in [0.717, 1.165) is 12.0 Å². The maximum Gasteiger partial charge on any atom is 0.123 e. The molecule has 1 rings (SSSR count). The smallest absolute Gasteiger partial charge is 0.123 e. The predicted octanol–water partition coefficient (Wildman–Crippen LogP) is 2.86. The van der Waals surface area contributed by atoms with Crippen LogP contribution in [0.15, 0.2) is 30.3 Å². The first kappa shape index (κ1) is 10.9. The Hall–Kier alpha value is -1.15. The highest BCUT2D eigenvalue weighted by Gasteiger charge is 1.97. The van der Waals surface area contributed by atoms with E-state index in [0.29, 0.717) is 0 Å². The lowest BCUT2D eigenvalue weighted by molar-refractivity contribution is 0.250. The Balaban J connectivity index is 2.63. The fourth-order valence-electron chi connectivity index (χ4n) is 1.15. The highest BCUT2D eigenvalue weighted by molar-refractivity contribution is 5.49. The summed E-state index contributed by atoms with van der Waals surface area (Å²) in [7, 11) is 0. The fraction of sp³-hybridized carbons (Fsp3) is 0.333. The van der Waals surface area contributed by atoms with Gasteiger partial charge in [-0.1, -0.05) is 31.2 Å². The molecule has 0 heterocycles. The molecule has 0 saturated carbocycles. The van der Waals surface area contributed by atoms with Crippen molar-refractivity contribution < 1.29 is 9.50 Å². The summed E-state index contributed by atoms with van der Waals surface area (Å²) in [6.45, 7) is 2.18. The van der Waals surface area contributed by atoms with Crippen LogP contribution in [0.2, 0.25) is 0 Å². The average Bonchev–Trinajstić information content (AvgIpc) is 2.22. The van der Waals surface area contributed by atoms with Gasteiger partial charge in [-0.25, -0.2) is 4.39 Å². The van der Waals surface area contributed by atoms with Gasteiger partial charge in [0.1, 0.15) is 5.82 Å². The first-order chi connectivity index (χ1) is 6.76. The lowest BCUT2D eigenvalue weighted by Crippen LogP contribution is -1.99. The molecule has 1 aromatic carbocycles. The normalized spacial score (nSPS) is 13.4. The molecular formula is C12H15FO. The SMILES string of the molecule is CCC(/C=C/c1ccc(F)cc1)CO. The molecule has 0 aliphatic carbocycles. The third kappa shape index (κ3) is 3.30. The van der Waals surface area contributed by atoms with Crippen LogP contribution < -0.4 is 0 Å². The van der Waals surface area contributed by atoms with E-state index in [9.17, 15) is 4.39 Å². The summed E-state index contributed by atoms with van der Waals surface area (Å²) >= 11 is 0. The van der Waals surface area contributed by atoms with E-state index in [2.05, 4.69) is 0 Å². The monoisotopic (exact) mass is 194 g/mol. The van der Waals surface area contributed by atoms with Gasteiger partial charge in [0.2, 0.25) is 0 Å². The van der Waals surface area contributed by atoms with E-state index < -0.39 is 0 Å². The van der Waals surface area contributed by atoms with Crippen molar-refractivity contribution in [2.75, 3.05) is 6.61 Å². The van der Waals surface area contributed by atoms with Crippen molar-refractivity contribution in [1.82, 2.24) is 0 Å². The van der Waals surface area contributed by atoms with Crippen molar-refractivity contribution in [2.45, 2.75) is 13.3 Å². The van der Waals surface area contributed by atoms with Crippen molar-refractivity contribution in [1.29, 1.82) is 0 Å². The van der Waals surface area contributed by atoms with E-state index in [1.54, 1.807) is 12.1 Å². The number of hydrogen-bond acceptors (Lipinski definition) is 1. The zero-order valence-corrected chi connectivity index (χ0v) is 8.28. The third-order valence-corrected chi connectivity index (χ3v) is 2.19. The largest absolute Gasteiger partial charge is 0.396 e. The Bertz CT molecular complexity index is 286. The van der Waals surface area contributed by atoms with Crippen molar-refractivity contribution in [3.63, 3.8) is 0 Å². The molecule has 1 aromatic rings. The van der Waals surface area contributed by atoms with Crippen molar-refractivity contribution in [3.8, 4) is 0 Å². The average molecular weight is 194 g/mol. The van der Waals surface area contributed by atoms with Gasteiger partial charge >= 0.3 is 0 Å². The second kappa shape index (κ2) is 5.55. The molecule has 2 heteroatoms. The second-order valence-corrected chi connectivity index (χ2v) is 3.26. The Morgan fingerprint density at radius 3 is 2.50 bits per heavy atom. The van der Waals surface area contributed by atoms with E-state index in [1.807, 2.05) is 19.1 Å². The standard InChI is InChI=1S/C12H15FO/c1-2-10(9-14)3-4-11-5-7-12(13)8-6-11/h3-8,10,14H,2,9H2,1H3/b4-3+. The third-order valence-electron chi connectivity index (χ3n) is 2.19. The second-order valence-electron chi connectivity index (χ2n) is 3.26. The molecule has 1 unspecified atom stereocenters. The van der Waals surface area contributed by atoms with Crippen LogP contribution in [0.3, 0.4) is 0 Å². The topological polar surface area (TPSA) is 20.2 Å². The molecule has 1 nitrogen and oxygen atoms in total. The highest BCUT2D eigenvalue weighted by Crippen LogP contribution is 2.09. The van der Waals surface area contributed by atoms with Gasteiger partial charge in [-0.05, 0) is 30.0 Å².